The van der Waals surface area contributed by atoms with E-state index in [4.69, 9.17) is 11.5 Å². The fourth-order valence-corrected chi connectivity index (χ4v) is 6.96. The quantitative estimate of drug-likeness (QED) is 0.101. The Morgan fingerprint density at radius 2 is 0.841 bits per heavy atom. The van der Waals surface area contributed by atoms with E-state index in [2.05, 4.69) is 120 Å². The third-order valence-electron chi connectivity index (χ3n) is 9.71. The predicted octanol–water partition coefficient (Wildman–Crippen LogP) is 11.8. The van der Waals surface area contributed by atoms with Crippen molar-refractivity contribution in [3.63, 3.8) is 0 Å². The first kappa shape index (κ1) is 33.4. The summed E-state index contributed by atoms with van der Waals surface area (Å²) >= 11 is 0. The average molecular weight is 589 g/mol. The van der Waals surface area contributed by atoms with Crippen molar-refractivity contribution in [2.45, 2.75) is 117 Å². The standard InChI is InChI=1S/C42H56N2/c1-6-8-10-12-14-41(39-26-24-37(43)28-30(39)3)35-20-16-33(17-21-35)32(5)34-18-22-36(23-19-34)42(15-13-11-9-7-2)40-27-25-38(44)29-31(40)4/h16-29,32,41-42H,6-15,43-44H2,1-5H3. The van der Waals surface area contributed by atoms with Gasteiger partial charge in [0.25, 0.3) is 0 Å². The van der Waals surface area contributed by atoms with Crippen LogP contribution in [0, 0.1) is 13.8 Å². The lowest BCUT2D eigenvalue weighted by molar-refractivity contribution is 0.595. The zero-order chi connectivity index (χ0) is 31.5. The van der Waals surface area contributed by atoms with Crippen LogP contribution in [0.5, 0.6) is 0 Å². The second-order valence-electron chi connectivity index (χ2n) is 13.1. The van der Waals surface area contributed by atoms with Crippen LogP contribution in [0.15, 0.2) is 84.9 Å². The van der Waals surface area contributed by atoms with Gasteiger partial charge in [-0.15, -0.1) is 0 Å². The molecule has 4 aromatic rings. The Bertz CT molecular complexity index is 1320. The van der Waals surface area contributed by atoms with E-state index >= 15 is 0 Å². The molecule has 0 spiro atoms. The number of hydrogen-bond donors (Lipinski definition) is 2. The topological polar surface area (TPSA) is 52.0 Å². The van der Waals surface area contributed by atoms with Crippen LogP contribution in [0.1, 0.15) is 147 Å². The zero-order valence-electron chi connectivity index (χ0n) is 28.0. The molecule has 0 aliphatic carbocycles. The summed E-state index contributed by atoms with van der Waals surface area (Å²) in [6.07, 6.45) is 12.6. The Morgan fingerprint density at radius 3 is 1.18 bits per heavy atom. The average Bonchev–Trinajstić information content (AvgIpc) is 3.02. The molecule has 0 aliphatic rings. The summed E-state index contributed by atoms with van der Waals surface area (Å²) in [5.74, 6) is 1.14. The highest BCUT2D eigenvalue weighted by Crippen LogP contribution is 2.36. The fraction of sp³-hybridized carbons (Fsp3) is 0.429. The molecule has 2 nitrogen and oxygen atoms in total. The van der Waals surface area contributed by atoms with Crippen molar-refractivity contribution in [2.24, 2.45) is 0 Å². The van der Waals surface area contributed by atoms with Gasteiger partial charge in [-0.3, -0.25) is 0 Å². The summed E-state index contributed by atoms with van der Waals surface area (Å²) in [7, 11) is 0. The molecular formula is C42H56N2. The van der Waals surface area contributed by atoms with Crippen LogP contribution in [0.4, 0.5) is 11.4 Å². The molecule has 0 saturated heterocycles. The van der Waals surface area contributed by atoms with E-state index in [1.807, 2.05) is 0 Å². The molecule has 0 radical (unpaired) electrons. The number of nitrogens with two attached hydrogens (primary N) is 2. The van der Waals surface area contributed by atoms with E-state index in [1.165, 1.54) is 109 Å². The zero-order valence-corrected chi connectivity index (χ0v) is 28.0. The van der Waals surface area contributed by atoms with Gasteiger partial charge in [0, 0.05) is 29.1 Å². The van der Waals surface area contributed by atoms with Gasteiger partial charge in [-0.1, -0.05) is 133 Å². The molecule has 0 saturated carbocycles. The van der Waals surface area contributed by atoms with Crippen molar-refractivity contribution in [3.8, 4) is 0 Å². The van der Waals surface area contributed by atoms with Gasteiger partial charge in [0.15, 0.2) is 0 Å². The van der Waals surface area contributed by atoms with Crippen LogP contribution in [0.25, 0.3) is 0 Å². The van der Waals surface area contributed by atoms with Crippen molar-refractivity contribution in [3.05, 3.63) is 129 Å². The largest absolute Gasteiger partial charge is 0.399 e. The Morgan fingerprint density at radius 1 is 0.477 bits per heavy atom. The summed E-state index contributed by atoms with van der Waals surface area (Å²) in [6.45, 7) is 11.3. The third-order valence-corrected chi connectivity index (χ3v) is 9.71. The van der Waals surface area contributed by atoms with Gasteiger partial charge < -0.3 is 11.5 Å². The van der Waals surface area contributed by atoms with Crippen molar-refractivity contribution in [1.82, 2.24) is 0 Å². The summed E-state index contributed by atoms with van der Waals surface area (Å²) in [4.78, 5) is 0. The lowest BCUT2D eigenvalue weighted by atomic mass is 9.82. The highest BCUT2D eigenvalue weighted by atomic mass is 14.5. The Hall–Kier alpha value is -3.52. The molecule has 0 heterocycles. The SMILES string of the molecule is CCCCCCC(c1ccc(C(C)c2ccc(C(CCCCCC)c3ccc(N)cc3C)cc2)cc1)c1ccc(N)cc1C. The summed E-state index contributed by atoms with van der Waals surface area (Å²) in [5, 5.41) is 0. The Kier molecular flexibility index (Phi) is 12.5. The smallest absolute Gasteiger partial charge is 0.0316 e. The van der Waals surface area contributed by atoms with Crippen molar-refractivity contribution >= 4 is 11.4 Å². The van der Waals surface area contributed by atoms with Gasteiger partial charge in [-0.2, -0.15) is 0 Å². The lowest BCUT2D eigenvalue weighted by Gasteiger charge is -2.23. The first-order chi connectivity index (χ1) is 21.3. The van der Waals surface area contributed by atoms with E-state index in [0.29, 0.717) is 17.8 Å². The number of nitrogen functional groups attached to an aromatic ring is 2. The summed E-state index contributed by atoms with van der Waals surface area (Å²) in [5.41, 5.74) is 24.9. The van der Waals surface area contributed by atoms with E-state index in [1.54, 1.807) is 0 Å². The van der Waals surface area contributed by atoms with Gasteiger partial charge in [-0.05, 0) is 95.5 Å². The maximum atomic E-state index is 6.11. The predicted molar refractivity (Wildman–Crippen MR) is 193 cm³/mol. The first-order valence-corrected chi connectivity index (χ1v) is 17.2. The minimum Gasteiger partial charge on any atom is -0.399 e. The molecule has 0 bridgehead atoms. The molecule has 0 aliphatic heterocycles. The van der Waals surface area contributed by atoms with Crippen molar-refractivity contribution in [1.29, 1.82) is 0 Å². The molecule has 234 valence electrons. The molecule has 4 N–H and O–H groups in total. The molecular weight excluding hydrogens is 532 g/mol. The van der Waals surface area contributed by atoms with Gasteiger partial charge in [0.2, 0.25) is 0 Å². The molecule has 0 amide bonds. The highest BCUT2D eigenvalue weighted by molar-refractivity contribution is 5.49. The Labute approximate surface area is 268 Å². The molecule has 0 fully saturated rings. The van der Waals surface area contributed by atoms with Gasteiger partial charge in [0.05, 0.1) is 0 Å². The summed E-state index contributed by atoms with van der Waals surface area (Å²) < 4.78 is 0. The molecule has 2 atom stereocenters. The summed E-state index contributed by atoms with van der Waals surface area (Å²) in [6, 6.07) is 31.8. The molecule has 4 aromatic carbocycles. The van der Waals surface area contributed by atoms with E-state index in [9.17, 15) is 0 Å². The van der Waals surface area contributed by atoms with E-state index in [-0.39, 0.29) is 0 Å². The van der Waals surface area contributed by atoms with Crippen LogP contribution in [0.2, 0.25) is 0 Å². The molecule has 4 rings (SSSR count). The van der Waals surface area contributed by atoms with Crippen LogP contribution in [0.3, 0.4) is 0 Å². The second kappa shape index (κ2) is 16.5. The minimum atomic E-state index is 0.334. The number of hydrogen-bond acceptors (Lipinski definition) is 2. The molecule has 2 unspecified atom stereocenters. The van der Waals surface area contributed by atoms with Gasteiger partial charge >= 0.3 is 0 Å². The van der Waals surface area contributed by atoms with E-state index in [0.717, 1.165) is 11.4 Å². The van der Waals surface area contributed by atoms with Crippen molar-refractivity contribution in [2.75, 3.05) is 11.5 Å². The van der Waals surface area contributed by atoms with Crippen LogP contribution >= 0.6 is 0 Å². The Balaban J connectivity index is 1.53. The minimum absolute atomic E-state index is 0.334. The number of aryl methyl sites for hydroxylation is 2. The number of unbranched alkanes of at least 4 members (excludes halogenated alkanes) is 6. The van der Waals surface area contributed by atoms with Crippen molar-refractivity contribution < 1.29 is 0 Å². The molecule has 44 heavy (non-hydrogen) atoms. The van der Waals surface area contributed by atoms with Gasteiger partial charge in [0.1, 0.15) is 0 Å². The maximum Gasteiger partial charge on any atom is 0.0316 e. The van der Waals surface area contributed by atoms with Crippen LogP contribution in [-0.2, 0) is 0 Å². The van der Waals surface area contributed by atoms with Crippen LogP contribution < -0.4 is 11.5 Å². The maximum absolute atomic E-state index is 6.11. The third kappa shape index (κ3) is 8.78. The van der Waals surface area contributed by atoms with Crippen LogP contribution in [-0.4, -0.2) is 0 Å². The number of benzene rings is 4. The molecule has 2 heteroatoms. The number of anilines is 2. The molecule has 0 aromatic heterocycles. The normalized spacial score (nSPS) is 13.5. The fourth-order valence-electron chi connectivity index (χ4n) is 6.96. The van der Waals surface area contributed by atoms with E-state index < -0.39 is 0 Å². The monoisotopic (exact) mass is 588 g/mol. The van der Waals surface area contributed by atoms with Gasteiger partial charge in [-0.25, -0.2) is 0 Å². The number of rotatable bonds is 16. The highest BCUT2D eigenvalue weighted by Gasteiger charge is 2.19. The first-order valence-electron chi connectivity index (χ1n) is 17.2. The second-order valence-corrected chi connectivity index (χ2v) is 13.1. The lowest BCUT2D eigenvalue weighted by Crippen LogP contribution is -2.06.